The van der Waals surface area contributed by atoms with Gasteiger partial charge in [0.05, 0.1) is 12.2 Å². The molecule has 25 heavy (non-hydrogen) atoms. The summed E-state index contributed by atoms with van der Waals surface area (Å²) >= 11 is 0. The highest BCUT2D eigenvalue weighted by molar-refractivity contribution is 6.06. The van der Waals surface area contributed by atoms with Crippen LogP contribution >= 0.6 is 0 Å². The Morgan fingerprint density at radius 2 is 1.80 bits per heavy atom. The topological polar surface area (TPSA) is 80.4 Å². The second kappa shape index (κ2) is 8.48. The predicted octanol–water partition coefficient (Wildman–Crippen LogP) is 3.25. The molecule has 1 heterocycles. The predicted molar refractivity (Wildman–Crippen MR) is 96.2 cm³/mol. The molecule has 0 unspecified atom stereocenters. The molecule has 1 aromatic carbocycles. The largest absolute Gasteiger partial charge is 0.460 e. The number of carbonyl (C=O) groups excluding carboxylic acids is 2. The zero-order valence-corrected chi connectivity index (χ0v) is 15.1. The molecule has 1 amide bonds. The first-order valence-electron chi connectivity index (χ1n) is 8.23. The number of aromatic nitrogens is 1. The van der Waals surface area contributed by atoms with Crippen LogP contribution in [0.1, 0.15) is 44.6 Å². The van der Waals surface area contributed by atoms with E-state index in [4.69, 9.17) is 9.47 Å². The Labute approximate surface area is 147 Å². The molecule has 0 saturated heterocycles. The number of carbonyl (C=O) groups is 2. The van der Waals surface area contributed by atoms with Crippen LogP contribution in [0.4, 0.5) is 5.69 Å². The van der Waals surface area contributed by atoms with E-state index in [-0.39, 0.29) is 12.5 Å². The van der Waals surface area contributed by atoms with E-state index in [0.29, 0.717) is 34.8 Å². The minimum absolute atomic E-state index is 0.171. The zero-order valence-electron chi connectivity index (χ0n) is 15.1. The van der Waals surface area contributed by atoms with Gasteiger partial charge >= 0.3 is 5.97 Å². The average Bonchev–Trinajstić information content (AvgIpc) is 2.90. The lowest BCUT2D eigenvalue weighted by molar-refractivity contribution is 0.0387. The summed E-state index contributed by atoms with van der Waals surface area (Å²) < 4.78 is 10.0. The first kappa shape index (κ1) is 18.7. The standard InChI is InChI=1S/C19H24N2O4/c1-5-14-6-8-15(9-7-14)21-18(22)17-12(2)16(13(3)20-17)19(23)25-11-10-24-4/h6-9,20H,5,10-11H2,1-4H3,(H,21,22). The van der Waals surface area contributed by atoms with Gasteiger partial charge in [0.2, 0.25) is 0 Å². The van der Waals surface area contributed by atoms with Crippen molar-refractivity contribution in [2.75, 3.05) is 25.6 Å². The lowest BCUT2D eigenvalue weighted by Crippen LogP contribution is -2.14. The van der Waals surface area contributed by atoms with Crippen molar-refractivity contribution in [1.82, 2.24) is 4.98 Å². The maximum Gasteiger partial charge on any atom is 0.340 e. The third-order valence-electron chi connectivity index (χ3n) is 4.01. The Kier molecular flexibility index (Phi) is 6.36. The van der Waals surface area contributed by atoms with E-state index in [9.17, 15) is 9.59 Å². The minimum atomic E-state index is -0.463. The van der Waals surface area contributed by atoms with E-state index in [1.807, 2.05) is 24.3 Å². The molecule has 0 atom stereocenters. The molecule has 1 aromatic heterocycles. The quantitative estimate of drug-likeness (QED) is 0.597. The minimum Gasteiger partial charge on any atom is -0.460 e. The van der Waals surface area contributed by atoms with Gasteiger partial charge in [-0.2, -0.15) is 0 Å². The number of aromatic amines is 1. The Hall–Kier alpha value is -2.60. The van der Waals surface area contributed by atoms with E-state index in [2.05, 4.69) is 17.2 Å². The number of methoxy groups -OCH3 is 1. The molecule has 0 aliphatic heterocycles. The molecule has 0 bridgehead atoms. The Morgan fingerprint density at radius 1 is 1.12 bits per heavy atom. The van der Waals surface area contributed by atoms with Crippen LogP contribution in [0.5, 0.6) is 0 Å². The van der Waals surface area contributed by atoms with Gasteiger partial charge in [-0.1, -0.05) is 19.1 Å². The number of hydrogen-bond acceptors (Lipinski definition) is 4. The van der Waals surface area contributed by atoms with Gasteiger partial charge < -0.3 is 19.8 Å². The van der Waals surface area contributed by atoms with Crippen LogP contribution in [0.2, 0.25) is 0 Å². The maximum atomic E-state index is 12.5. The van der Waals surface area contributed by atoms with Crippen molar-refractivity contribution in [2.45, 2.75) is 27.2 Å². The molecule has 2 aromatic rings. The highest BCUT2D eigenvalue weighted by Gasteiger charge is 2.23. The number of aryl methyl sites for hydroxylation is 2. The number of esters is 1. The number of anilines is 1. The van der Waals surface area contributed by atoms with Gasteiger partial charge in [-0.05, 0) is 43.5 Å². The SMILES string of the molecule is CCc1ccc(NC(=O)c2[nH]c(C)c(C(=O)OCCOC)c2C)cc1. The van der Waals surface area contributed by atoms with Gasteiger partial charge in [0, 0.05) is 18.5 Å². The van der Waals surface area contributed by atoms with Crippen molar-refractivity contribution in [2.24, 2.45) is 0 Å². The van der Waals surface area contributed by atoms with Crippen LogP contribution in [-0.2, 0) is 15.9 Å². The molecule has 2 N–H and O–H groups in total. The van der Waals surface area contributed by atoms with Crippen LogP contribution in [0.15, 0.2) is 24.3 Å². The fraction of sp³-hybridized carbons (Fsp3) is 0.368. The van der Waals surface area contributed by atoms with Crippen molar-refractivity contribution in [3.63, 3.8) is 0 Å². The van der Waals surface area contributed by atoms with E-state index in [1.54, 1.807) is 13.8 Å². The molecule has 0 radical (unpaired) electrons. The van der Waals surface area contributed by atoms with E-state index in [1.165, 1.54) is 12.7 Å². The molecule has 0 fully saturated rings. The summed E-state index contributed by atoms with van der Waals surface area (Å²) in [7, 11) is 1.54. The molecule has 6 nitrogen and oxygen atoms in total. The number of H-pyrrole nitrogens is 1. The second-order valence-corrected chi connectivity index (χ2v) is 5.76. The van der Waals surface area contributed by atoms with E-state index >= 15 is 0 Å². The number of hydrogen-bond donors (Lipinski definition) is 2. The average molecular weight is 344 g/mol. The molecule has 6 heteroatoms. The summed E-state index contributed by atoms with van der Waals surface area (Å²) in [5.41, 5.74) is 3.83. The lowest BCUT2D eigenvalue weighted by atomic mass is 10.1. The van der Waals surface area contributed by atoms with Crippen LogP contribution in [0.25, 0.3) is 0 Å². The first-order chi connectivity index (χ1) is 12.0. The number of nitrogens with one attached hydrogen (secondary N) is 2. The molecule has 0 aliphatic rings. The molecule has 2 rings (SSSR count). The Balaban J connectivity index is 2.14. The van der Waals surface area contributed by atoms with Crippen molar-refractivity contribution in [1.29, 1.82) is 0 Å². The summed E-state index contributed by atoms with van der Waals surface area (Å²) in [6, 6.07) is 7.67. The van der Waals surface area contributed by atoms with Crippen molar-refractivity contribution >= 4 is 17.6 Å². The molecular weight excluding hydrogens is 320 g/mol. The zero-order chi connectivity index (χ0) is 18.4. The fourth-order valence-electron chi connectivity index (χ4n) is 2.59. The second-order valence-electron chi connectivity index (χ2n) is 5.76. The van der Waals surface area contributed by atoms with Gasteiger partial charge in [-0.25, -0.2) is 4.79 Å². The summed E-state index contributed by atoms with van der Waals surface area (Å²) in [5, 5.41) is 2.84. The molecule has 0 aliphatic carbocycles. The maximum absolute atomic E-state index is 12.5. The van der Waals surface area contributed by atoms with Crippen molar-refractivity contribution in [3.8, 4) is 0 Å². The van der Waals surface area contributed by atoms with Crippen LogP contribution in [0.3, 0.4) is 0 Å². The van der Waals surface area contributed by atoms with E-state index in [0.717, 1.165) is 6.42 Å². The molecule has 134 valence electrons. The van der Waals surface area contributed by atoms with E-state index < -0.39 is 5.97 Å². The summed E-state index contributed by atoms with van der Waals surface area (Å²) in [4.78, 5) is 27.7. The number of rotatable bonds is 7. The molecular formula is C19H24N2O4. The molecule has 0 saturated carbocycles. The van der Waals surface area contributed by atoms with Crippen molar-refractivity contribution < 1.29 is 19.1 Å². The van der Waals surface area contributed by atoms with Crippen LogP contribution in [0, 0.1) is 13.8 Å². The summed E-state index contributed by atoms with van der Waals surface area (Å²) in [6.45, 7) is 6.05. The normalized spacial score (nSPS) is 10.6. The summed E-state index contributed by atoms with van der Waals surface area (Å²) in [6.07, 6.45) is 0.942. The van der Waals surface area contributed by atoms with Crippen LogP contribution in [-0.4, -0.2) is 37.2 Å². The van der Waals surface area contributed by atoms with Gasteiger partial charge in [0.25, 0.3) is 5.91 Å². The number of ether oxygens (including phenoxy) is 2. The monoisotopic (exact) mass is 344 g/mol. The number of benzene rings is 1. The van der Waals surface area contributed by atoms with Gasteiger partial charge in [-0.3, -0.25) is 4.79 Å². The summed E-state index contributed by atoms with van der Waals surface area (Å²) in [5.74, 6) is -0.754. The molecule has 0 spiro atoms. The number of amides is 1. The first-order valence-corrected chi connectivity index (χ1v) is 8.23. The van der Waals surface area contributed by atoms with Gasteiger partial charge in [-0.15, -0.1) is 0 Å². The Morgan fingerprint density at radius 3 is 2.40 bits per heavy atom. The highest BCUT2D eigenvalue weighted by Crippen LogP contribution is 2.20. The fourth-order valence-corrected chi connectivity index (χ4v) is 2.59. The third-order valence-corrected chi connectivity index (χ3v) is 4.01. The van der Waals surface area contributed by atoms with Gasteiger partial charge in [0.15, 0.2) is 0 Å². The Bertz CT molecular complexity index is 748. The highest BCUT2D eigenvalue weighted by atomic mass is 16.6. The van der Waals surface area contributed by atoms with Crippen molar-refractivity contribution in [3.05, 3.63) is 52.3 Å². The lowest BCUT2D eigenvalue weighted by Gasteiger charge is -2.06. The van der Waals surface area contributed by atoms with Crippen LogP contribution < -0.4 is 5.32 Å². The third kappa shape index (κ3) is 4.48. The smallest absolute Gasteiger partial charge is 0.340 e. The van der Waals surface area contributed by atoms with Gasteiger partial charge in [0.1, 0.15) is 12.3 Å².